The molecule has 0 bridgehead atoms. The van der Waals surface area contributed by atoms with Gasteiger partial charge in [0.15, 0.2) is 17.2 Å². The number of carbonyl (C=O) groups excluding carboxylic acids is 1. The second-order valence-corrected chi connectivity index (χ2v) is 21.0. The standard InChI is InChI=1S/C49H55F2N7O7S/c1-29(2)34-11-6-7-12-35(34)40-13-8-18-57(40)32-25-49(26-32)16-19-56(20-17-49)31-14-15-36(42(21-31)65-44-24-37-38(50)27-52-47(37)54-46(44)51)48(59)55-66(62,63)33-22-41(58(60)61)45-43(23-33)64-28-39(53-45)30-9-4-3-5-10-30/h6-7,11-12,14-15,21-24,27,29-30,32,39-40,53H,3-5,8-10,13,16-20,25-26,28H2,1-2H3,(H,52,54)(H,55,59)/t39-,40+/m1/s1. The minimum Gasteiger partial charge on any atom is -0.489 e. The number of hydrogen-bond acceptors (Lipinski definition) is 11. The second kappa shape index (κ2) is 17.4. The summed E-state index contributed by atoms with van der Waals surface area (Å²) in [4.78, 5) is 36.4. The molecule has 0 radical (unpaired) electrons. The fourth-order valence-electron chi connectivity index (χ4n) is 11.4. The lowest BCUT2D eigenvalue weighted by Gasteiger charge is -2.56. The summed E-state index contributed by atoms with van der Waals surface area (Å²) in [5.74, 6) is -2.87. The summed E-state index contributed by atoms with van der Waals surface area (Å²) >= 11 is 0. The van der Waals surface area contributed by atoms with E-state index in [4.69, 9.17) is 9.47 Å². The first-order valence-corrected chi connectivity index (χ1v) is 24.8. The summed E-state index contributed by atoms with van der Waals surface area (Å²) in [6, 6.07) is 17.5. The van der Waals surface area contributed by atoms with Crippen LogP contribution in [0.5, 0.6) is 17.2 Å². The third kappa shape index (κ3) is 8.33. The van der Waals surface area contributed by atoms with E-state index >= 15 is 4.39 Å². The Hall–Kier alpha value is -5.81. The topological polar surface area (TPSA) is 172 Å². The van der Waals surface area contributed by atoms with Crippen LogP contribution in [-0.2, 0) is 10.0 Å². The van der Waals surface area contributed by atoms with Crippen LogP contribution >= 0.6 is 0 Å². The second-order valence-electron chi connectivity index (χ2n) is 19.3. The number of ether oxygens (including phenoxy) is 2. The van der Waals surface area contributed by atoms with Crippen molar-refractivity contribution in [2.75, 3.05) is 36.5 Å². The fourth-order valence-corrected chi connectivity index (χ4v) is 12.4. The number of aromatic amines is 1. The summed E-state index contributed by atoms with van der Waals surface area (Å²) in [6.07, 6.45) is 12.7. The van der Waals surface area contributed by atoms with Gasteiger partial charge >= 0.3 is 0 Å². The fraction of sp³-hybridized carbons (Fsp3) is 0.469. The van der Waals surface area contributed by atoms with Crippen molar-refractivity contribution in [2.24, 2.45) is 11.3 Å². The maximum absolute atomic E-state index is 15.5. The average Bonchev–Trinajstić information content (AvgIpc) is 3.94. The Morgan fingerprint density at radius 1 is 0.985 bits per heavy atom. The van der Waals surface area contributed by atoms with Crippen molar-refractivity contribution in [1.29, 1.82) is 0 Å². The zero-order chi connectivity index (χ0) is 45.9. The summed E-state index contributed by atoms with van der Waals surface area (Å²) in [6.45, 7) is 7.27. The van der Waals surface area contributed by atoms with Crippen LogP contribution in [-0.4, -0.2) is 72.4 Å². The Morgan fingerprint density at radius 2 is 1.76 bits per heavy atom. The third-order valence-corrected chi connectivity index (χ3v) is 16.3. The van der Waals surface area contributed by atoms with Crippen LogP contribution < -0.4 is 24.4 Å². The lowest BCUT2D eigenvalue weighted by atomic mass is 9.59. The van der Waals surface area contributed by atoms with Gasteiger partial charge in [0.1, 0.15) is 23.8 Å². The summed E-state index contributed by atoms with van der Waals surface area (Å²) in [5.41, 5.74) is 3.05. The first kappa shape index (κ1) is 44.0. The predicted molar refractivity (Wildman–Crippen MR) is 246 cm³/mol. The van der Waals surface area contributed by atoms with E-state index in [-0.39, 0.29) is 57.8 Å². The molecule has 2 saturated heterocycles. The van der Waals surface area contributed by atoms with Crippen molar-refractivity contribution in [3.63, 3.8) is 0 Å². The molecule has 1 amide bonds. The Balaban J connectivity index is 0.880. The van der Waals surface area contributed by atoms with E-state index in [9.17, 15) is 27.7 Å². The number of pyridine rings is 1. The van der Waals surface area contributed by atoms with Crippen LogP contribution in [0, 0.1) is 33.2 Å². The Morgan fingerprint density at radius 3 is 2.52 bits per heavy atom. The molecule has 2 aromatic heterocycles. The minimum atomic E-state index is -4.75. The van der Waals surface area contributed by atoms with Crippen molar-refractivity contribution in [3.05, 3.63) is 105 Å². The zero-order valence-electron chi connectivity index (χ0n) is 37.2. The largest absolute Gasteiger partial charge is 0.489 e. The van der Waals surface area contributed by atoms with Crippen molar-refractivity contribution >= 4 is 44.0 Å². The number of amides is 1. The number of piperidine rings is 1. The molecule has 0 unspecified atom stereocenters. The van der Waals surface area contributed by atoms with Crippen molar-refractivity contribution < 1.29 is 36.4 Å². The van der Waals surface area contributed by atoms with Crippen LogP contribution in [0.1, 0.15) is 118 Å². The van der Waals surface area contributed by atoms with Crippen LogP contribution in [0.25, 0.3) is 11.0 Å². The predicted octanol–water partition coefficient (Wildman–Crippen LogP) is 10.1. The van der Waals surface area contributed by atoms with Gasteiger partial charge in [-0.15, -0.1) is 0 Å². The zero-order valence-corrected chi connectivity index (χ0v) is 38.0. The highest BCUT2D eigenvalue weighted by Gasteiger charge is 2.50. The number of halogens is 2. The molecule has 3 aliphatic heterocycles. The lowest BCUT2D eigenvalue weighted by molar-refractivity contribution is -0.384. The van der Waals surface area contributed by atoms with Gasteiger partial charge in [-0.05, 0) is 104 Å². The normalized spacial score (nSPS) is 21.3. The van der Waals surface area contributed by atoms with Gasteiger partial charge in [-0.2, -0.15) is 9.37 Å². The van der Waals surface area contributed by atoms with E-state index in [1.165, 1.54) is 30.0 Å². The molecule has 1 spiro atoms. The number of nitrogens with zero attached hydrogens (tertiary/aromatic N) is 4. The smallest absolute Gasteiger partial charge is 0.297 e. The number of nitro benzene ring substituents is 1. The molecular formula is C49H55F2N7O7S. The lowest BCUT2D eigenvalue weighted by Crippen LogP contribution is -2.54. The molecule has 348 valence electrons. The molecule has 3 N–H and O–H groups in total. The molecule has 5 aliphatic rings. The highest BCUT2D eigenvalue weighted by Crippen LogP contribution is 2.54. The molecule has 5 aromatic rings. The first-order chi connectivity index (χ1) is 31.8. The van der Waals surface area contributed by atoms with Gasteiger partial charge in [-0.3, -0.25) is 19.8 Å². The maximum atomic E-state index is 15.5. The average molecular weight is 924 g/mol. The number of nitro groups is 1. The van der Waals surface area contributed by atoms with Gasteiger partial charge < -0.3 is 24.7 Å². The van der Waals surface area contributed by atoms with E-state index in [1.54, 1.807) is 12.1 Å². The molecular weight excluding hydrogens is 869 g/mol. The number of rotatable bonds is 11. The van der Waals surface area contributed by atoms with Crippen molar-refractivity contribution in [3.8, 4) is 17.2 Å². The number of aromatic nitrogens is 2. The number of sulfonamides is 1. The molecule has 2 aliphatic carbocycles. The summed E-state index contributed by atoms with van der Waals surface area (Å²) in [5, 5.41) is 15.5. The molecule has 2 saturated carbocycles. The van der Waals surface area contributed by atoms with E-state index < -0.39 is 49.0 Å². The Kier molecular flexibility index (Phi) is 11.6. The molecule has 3 aromatic carbocycles. The van der Waals surface area contributed by atoms with Crippen LogP contribution in [0.3, 0.4) is 0 Å². The molecule has 66 heavy (non-hydrogen) atoms. The van der Waals surface area contributed by atoms with Crippen molar-refractivity contribution in [1.82, 2.24) is 19.6 Å². The number of fused-ring (bicyclic) bond motifs is 2. The monoisotopic (exact) mass is 923 g/mol. The van der Waals surface area contributed by atoms with Gasteiger partial charge in [0.2, 0.25) is 0 Å². The number of likely N-dealkylation sites (tertiary alicyclic amines) is 1. The maximum Gasteiger partial charge on any atom is 0.297 e. The van der Waals surface area contributed by atoms with Gasteiger partial charge in [-0.25, -0.2) is 17.5 Å². The number of hydrogen-bond donors (Lipinski definition) is 3. The molecule has 5 heterocycles. The molecule has 4 fully saturated rings. The molecule has 10 rings (SSSR count). The first-order valence-electron chi connectivity index (χ1n) is 23.3. The third-order valence-electron chi connectivity index (χ3n) is 15.0. The number of benzene rings is 3. The molecule has 2 atom stereocenters. The molecule has 17 heteroatoms. The highest BCUT2D eigenvalue weighted by molar-refractivity contribution is 7.90. The van der Waals surface area contributed by atoms with Gasteiger partial charge in [0, 0.05) is 55.3 Å². The van der Waals surface area contributed by atoms with Gasteiger partial charge in [0.05, 0.1) is 26.8 Å². The summed E-state index contributed by atoms with van der Waals surface area (Å²) in [7, 11) is -4.75. The van der Waals surface area contributed by atoms with Gasteiger partial charge in [0.25, 0.3) is 27.6 Å². The number of anilines is 2. The Labute approximate surface area is 382 Å². The van der Waals surface area contributed by atoms with Crippen LogP contribution in [0.2, 0.25) is 0 Å². The minimum absolute atomic E-state index is 0.0128. The van der Waals surface area contributed by atoms with Crippen LogP contribution in [0.4, 0.5) is 25.8 Å². The van der Waals surface area contributed by atoms with E-state index in [1.807, 2.05) is 4.72 Å². The van der Waals surface area contributed by atoms with E-state index in [0.29, 0.717) is 23.7 Å². The molecule has 14 nitrogen and oxygen atoms in total. The van der Waals surface area contributed by atoms with Crippen molar-refractivity contribution in [2.45, 2.75) is 113 Å². The highest BCUT2D eigenvalue weighted by atomic mass is 32.2. The quantitative estimate of drug-likeness (QED) is 0.0654. The SMILES string of the molecule is CC(C)c1ccccc1[C@@H]1CCCN1C1CC2(CCN(c3ccc(C(=O)NS(=O)(=O)c4cc5c(c([N+](=O)[O-])c4)N[C@@H](C4CCCCC4)CO5)c(Oc4cc5c(F)c[nH]c5nc4F)c3)CC2)C1. The Bertz CT molecular complexity index is 2800. The number of carbonyl (C=O) groups is 1. The number of nitrogens with one attached hydrogen (secondary N) is 3. The van der Waals surface area contributed by atoms with E-state index in [0.717, 1.165) is 102 Å². The van der Waals surface area contributed by atoms with E-state index in [2.05, 4.69) is 63.2 Å². The summed E-state index contributed by atoms with van der Waals surface area (Å²) < 4.78 is 71.9. The number of H-pyrrole nitrogens is 1. The van der Waals surface area contributed by atoms with Crippen LogP contribution in [0.15, 0.2) is 71.8 Å². The van der Waals surface area contributed by atoms with Gasteiger partial charge in [-0.1, -0.05) is 57.4 Å².